The lowest BCUT2D eigenvalue weighted by Crippen LogP contribution is -2.10. The monoisotopic (exact) mass is 732 g/mol. The minimum atomic E-state index is -1.33. The second kappa shape index (κ2) is 12.0. The molecule has 4 aromatic carbocycles. The van der Waals surface area contributed by atoms with Gasteiger partial charge in [-0.3, -0.25) is 0 Å². The van der Waals surface area contributed by atoms with E-state index in [1.165, 1.54) is 18.9 Å². The summed E-state index contributed by atoms with van der Waals surface area (Å²) in [7, 11) is 0. The van der Waals surface area contributed by atoms with Crippen molar-refractivity contribution in [2.75, 3.05) is 0 Å². The van der Waals surface area contributed by atoms with Crippen LogP contribution >= 0.6 is 31.9 Å². The molecule has 0 bridgehead atoms. The Morgan fingerprint density at radius 3 is 1.96 bits per heavy atom. The molecule has 2 atom stereocenters. The molecule has 2 N–H and O–H groups in total. The van der Waals surface area contributed by atoms with Crippen molar-refractivity contribution in [3.05, 3.63) is 92.6 Å². The molecule has 0 radical (unpaired) electrons. The van der Waals surface area contributed by atoms with Crippen molar-refractivity contribution in [2.24, 2.45) is 11.8 Å². The largest absolute Gasteiger partial charge is 0.385 e. The van der Waals surface area contributed by atoms with Gasteiger partial charge in [0, 0.05) is 24.2 Å². The van der Waals surface area contributed by atoms with Crippen LogP contribution in [0.3, 0.4) is 0 Å². The van der Waals surface area contributed by atoms with Gasteiger partial charge in [0.2, 0.25) is 0 Å². The molecular weight excluding hydrogens is 703 g/mol. The topological polar surface area (TPSA) is 102 Å². The van der Waals surface area contributed by atoms with Crippen molar-refractivity contribution in [1.29, 1.82) is 0 Å². The molecule has 0 spiro atoms. The van der Waals surface area contributed by atoms with Gasteiger partial charge < -0.3 is 10.2 Å². The molecule has 11 heteroatoms. The van der Waals surface area contributed by atoms with Gasteiger partial charge in [0.1, 0.15) is 29.1 Å². The fourth-order valence-corrected chi connectivity index (χ4v) is 7.03. The summed E-state index contributed by atoms with van der Waals surface area (Å²) in [6.07, 6.45) is -0.158. The first-order valence-electron chi connectivity index (χ1n) is 15.0. The van der Waals surface area contributed by atoms with Gasteiger partial charge in [-0.05, 0) is 97.0 Å². The zero-order chi connectivity index (χ0) is 31.4. The summed E-state index contributed by atoms with van der Waals surface area (Å²) in [6.45, 7) is 5.89. The molecule has 1 saturated carbocycles. The van der Waals surface area contributed by atoms with E-state index in [0.717, 1.165) is 45.2 Å². The van der Waals surface area contributed by atoms with E-state index in [4.69, 9.17) is 0 Å². The number of hydrogen-bond donors (Lipinski definition) is 2. The van der Waals surface area contributed by atoms with Crippen molar-refractivity contribution >= 4 is 53.9 Å². The molecule has 8 nitrogen and oxygen atoms in total. The summed E-state index contributed by atoms with van der Waals surface area (Å²) in [5.41, 5.74) is 6.97. The SMILES string of the molecule is CC(C)Cn1nnc2c(Br)c(-c3ccc(C(O)C(O)c4ccc(-c5ccc6c(nnn6CC6CC6)c5Br)c(F)c4)cc3)ccc21. The summed E-state index contributed by atoms with van der Waals surface area (Å²) >= 11 is 7.32. The number of fused-ring (bicyclic) bond motifs is 2. The lowest BCUT2D eigenvalue weighted by Gasteiger charge is -2.20. The van der Waals surface area contributed by atoms with Crippen LogP contribution in [0, 0.1) is 17.7 Å². The number of benzene rings is 4. The van der Waals surface area contributed by atoms with Crippen molar-refractivity contribution < 1.29 is 14.6 Å². The van der Waals surface area contributed by atoms with Gasteiger partial charge in [-0.25, -0.2) is 13.8 Å². The third-order valence-corrected chi connectivity index (χ3v) is 10.0. The highest BCUT2D eigenvalue weighted by atomic mass is 79.9. The van der Waals surface area contributed by atoms with Crippen LogP contribution in [-0.2, 0) is 13.1 Å². The Labute approximate surface area is 276 Å². The maximum atomic E-state index is 15.5. The first kappa shape index (κ1) is 30.2. The normalized spacial score (nSPS) is 14.9. The molecule has 7 rings (SSSR count). The lowest BCUT2D eigenvalue weighted by molar-refractivity contribution is 0.0171. The molecule has 0 amide bonds. The number of aliphatic hydroxyl groups excluding tert-OH is 2. The van der Waals surface area contributed by atoms with Crippen LogP contribution in [0.4, 0.5) is 4.39 Å². The first-order chi connectivity index (χ1) is 21.7. The number of rotatable bonds is 9. The zero-order valence-corrected chi connectivity index (χ0v) is 27.9. The molecule has 1 aliphatic rings. The fourth-order valence-electron chi connectivity index (χ4n) is 5.76. The highest BCUT2D eigenvalue weighted by Crippen LogP contribution is 2.39. The summed E-state index contributed by atoms with van der Waals surface area (Å²) in [6, 6.07) is 19.6. The summed E-state index contributed by atoms with van der Waals surface area (Å²) in [4.78, 5) is 0. The van der Waals surface area contributed by atoms with Crippen LogP contribution < -0.4 is 0 Å². The molecule has 45 heavy (non-hydrogen) atoms. The van der Waals surface area contributed by atoms with Gasteiger partial charge in [-0.2, -0.15) is 0 Å². The second-order valence-electron chi connectivity index (χ2n) is 12.2. The predicted octanol–water partition coefficient (Wildman–Crippen LogP) is 8.01. The molecule has 230 valence electrons. The molecule has 2 aromatic heterocycles. The number of aromatic nitrogens is 6. The van der Waals surface area contributed by atoms with E-state index in [9.17, 15) is 10.2 Å². The number of aliphatic hydroxyl groups is 2. The predicted molar refractivity (Wildman–Crippen MR) is 179 cm³/mol. The fraction of sp³-hybridized carbons (Fsp3) is 0.294. The van der Waals surface area contributed by atoms with Crippen LogP contribution in [0.5, 0.6) is 0 Å². The average Bonchev–Trinajstić information content (AvgIpc) is 3.62. The van der Waals surface area contributed by atoms with Gasteiger partial charge in [-0.15, -0.1) is 10.2 Å². The minimum absolute atomic E-state index is 0.276. The molecule has 1 fully saturated rings. The third kappa shape index (κ3) is 5.71. The Balaban J connectivity index is 1.10. The molecule has 2 unspecified atom stereocenters. The highest BCUT2D eigenvalue weighted by Gasteiger charge is 2.25. The summed E-state index contributed by atoms with van der Waals surface area (Å²) in [5.74, 6) is 0.587. The molecule has 0 saturated heterocycles. The molecule has 0 aliphatic heterocycles. The van der Waals surface area contributed by atoms with E-state index >= 15 is 4.39 Å². The average molecular weight is 734 g/mol. The van der Waals surface area contributed by atoms with E-state index in [0.29, 0.717) is 38.5 Å². The number of halogens is 3. The Morgan fingerprint density at radius 1 is 0.756 bits per heavy atom. The third-order valence-electron chi connectivity index (χ3n) is 8.40. The van der Waals surface area contributed by atoms with Gasteiger partial charge >= 0.3 is 0 Å². The van der Waals surface area contributed by atoms with E-state index in [2.05, 4.69) is 66.3 Å². The van der Waals surface area contributed by atoms with Crippen molar-refractivity contribution in [3.63, 3.8) is 0 Å². The first-order valence-corrected chi connectivity index (χ1v) is 16.6. The maximum Gasteiger partial charge on any atom is 0.131 e. The standard InChI is InChI=1S/C34H31Br2FN6O2/c1-18(2)16-42-27-13-11-23(29(35)31(27)38-40-42)20-5-7-21(8-6-20)33(44)34(45)22-9-10-24(26(37)15-22)25-12-14-28-32(30(25)36)39-41-43(28)17-19-3-4-19/h5-15,18-19,33-34,44-45H,3-4,16-17H2,1-2H3. The van der Waals surface area contributed by atoms with Gasteiger partial charge in [0.25, 0.3) is 0 Å². The van der Waals surface area contributed by atoms with E-state index in [-0.39, 0.29) is 5.56 Å². The van der Waals surface area contributed by atoms with Crippen molar-refractivity contribution in [1.82, 2.24) is 30.0 Å². The summed E-state index contributed by atoms with van der Waals surface area (Å²) < 4.78 is 20.8. The van der Waals surface area contributed by atoms with Crippen LogP contribution in [-0.4, -0.2) is 40.2 Å². The van der Waals surface area contributed by atoms with E-state index in [1.54, 1.807) is 24.3 Å². The van der Waals surface area contributed by atoms with Gasteiger partial charge in [-0.1, -0.05) is 72.8 Å². The summed E-state index contributed by atoms with van der Waals surface area (Å²) in [5, 5.41) is 39.4. The van der Waals surface area contributed by atoms with Crippen LogP contribution in [0.2, 0.25) is 0 Å². The van der Waals surface area contributed by atoms with Crippen LogP contribution in [0.1, 0.15) is 50.0 Å². The molecule has 1 aliphatic carbocycles. The van der Waals surface area contributed by atoms with Gasteiger partial charge in [0.15, 0.2) is 0 Å². The maximum absolute atomic E-state index is 15.5. The van der Waals surface area contributed by atoms with Crippen molar-refractivity contribution in [2.45, 2.75) is 52.0 Å². The Hall–Kier alpha value is -3.51. The number of nitrogens with zero attached hydrogens (tertiary/aromatic N) is 6. The molecule has 6 aromatic rings. The Morgan fingerprint density at radius 2 is 1.31 bits per heavy atom. The minimum Gasteiger partial charge on any atom is -0.385 e. The quantitative estimate of drug-likeness (QED) is 0.156. The van der Waals surface area contributed by atoms with Crippen LogP contribution in [0.15, 0.2) is 75.7 Å². The lowest BCUT2D eigenvalue weighted by atomic mass is 9.94. The van der Waals surface area contributed by atoms with E-state index < -0.39 is 18.0 Å². The van der Waals surface area contributed by atoms with Crippen LogP contribution in [0.25, 0.3) is 44.3 Å². The molecular formula is C34H31Br2FN6O2. The Kier molecular flexibility index (Phi) is 8.05. The second-order valence-corrected chi connectivity index (χ2v) is 13.8. The molecule has 2 heterocycles. The smallest absolute Gasteiger partial charge is 0.131 e. The van der Waals surface area contributed by atoms with Gasteiger partial charge in [0.05, 0.1) is 20.0 Å². The Bertz CT molecular complexity index is 2040. The number of hydrogen-bond acceptors (Lipinski definition) is 6. The van der Waals surface area contributed by atoms with Crippen molar-refractivity contribution in [3.8, 4) is 22.3 Å². The van der Waals surface area contributed by atoms with E-state index in [1.807, 2.05) is 45.8 Å². The zero-order valence-electron chi connectivity index (χ0n) is 24.7. The highest BCUT2D eigenvalue weighted by molar-refractivity contribution is 9.11.